The standard InChI is InChI=1S/C21H23NO3/c1-13-5-14(2)8-18(7-13)22-12-17(11-20(22)23)21(24)25-19-9-15(3)6-16(4)10-19/h5-10,17H,11-12H2,1-4H3/t17-/m0/s1. The molecule has 0 aromatic heterocycles. The first-order valence-electron chi connectivity index (χ1n) is 8.50. The maximum Gasteiger partial charge on any atom is 0.316 e. The lowest BCUT2D eigenvalue weighted by atomic mass is 10.1. The second-order valence-electron chi connectivity index (χ2n) is 7.00. The largest absolute Gasteiger partial charge is 0.426 e. The van der Waals surface area contributed by atoms with E-state index in [4.69, 9.17) is 4.74 Å². The Morgan fingerprint density at radius 2 is 1.44 bits per heavy atom. The predicted molar refractivity (Wildman–Crippen MR) is 97.9 cm³/mol. The SMILES string of the molecule is Cc1cc(C)cc(OC(=O)[C@H]2CC(=O)N(c3cc(C)cc(C)c3)C2)c1. The maximum atomic E-state index is 12.5. The van der Waals surface area contributed by atoms with E-state index in [1.807, 2.05) is 58.0 Å². The van der Waals surface area contributed by atoms with E-state index < -0.39 is 5.92 Å². The second kappa shape index (κ2) is 6.71. The van der Waals surface area contributed by atoms with Gasteiger partial charge in [-0.25, -0.2) is 0 Å². The molecule has 1 saturated heterocycles. The predicted octanol–water partition coefficient (Wildman–Crippen LogP) is 3.88. The highest BCUT2D eigenvalue weighted by molar-refractivity contribution is 5.99. The van der Waals surface area contributed by atoms with Gasteiger partial charge >= 0.3 is 5.97 Å². The van der Waals surface area contributed by atoms with Gasteiger partial charge in [0.25, 0.3) is 0 Å². The average molecular weight is 337 g/mol. The van der Waals surface area contributed by atoms with Gasteiger partial charge in [-0.05, 0) is 74.2 Å². The van der Waals surface area contributed by atoms with Gasteiger partial charge in [0, 0.05) is 18.7 Å². The van der Waals surface area contributed by atoms with Crippen LogP contribution in [0.4, 0.5) is 5.69 Å². The lowest BCUT2D eigenvalue weighted by molar-refractivity contribution is -0.139. The quantitative estimate of drug-likeness (QED) is 0.631. The molecule has 0 bridgehead atoms. The van der Waals surface area contributed by atoms with E-state index in [2.05, 4.69) is 6.07 Å². The van der Waals surface area contributed by atoms with Crippen molar-refractivity contribution in [2.75, 3.05) is 11.4 Å². The van der Waals surface area contributed by atoms with Crippen LogP contribution in [0.3, 0.4) is 0 Å². The van der Waals surface area contributed by atoms with Crippen molar-refractivity contribution < 1.29 is 14.3 Å². The number of hydrogen-bond acceptors (Lipinski definition) is 3. The minimum Gasteiger partial charge on any atom is -0.426 e. The van der Waals surface area contributed by atoms with E-state index in [0.717, 1.165) is 27.9 Å². The molecular formula is C21H23NO3. The number of rotatable bonds is 3. The fourth-order valence-electron chi connectivity index (χ4n) is 3.41. The van der Waals surface area contributed by atoms with E-state index in [1.54, 1.807) is 4.90 Å². The first kappa shape index (κ1) is 17.2. The monoisotopic (exact) mass is 337 g/mol. The van der Waals surface area contributed by atoms with Gasteiger partial charge in [-0.3, -0.25) is 9.59 Å². The van der Waals surface area contributed by atoms with E-state index in [9.17, 15) is 9.59 Å². The molecule has 1 amide bonds. The molecule has 0 aliphatic carbocycles. The van der Waals surface area contributed by atoms with Crippen LogP contribution < -0.4 is 9.64 Å². The minimum atomic E-state index is -0.436. The number of amides is 1. The van der Waals surface area contributed by atoms with Crippen LogP contribution in [-0.2, 0) is 9.59 Å². The smallest absolute Gasteiger partial charge is 0.316 e. The Morgan fingerprint density at radius 3 is 2.00 bits per heavy atom. The van der Waals surface area contributed by atoms with Crippen LogP contribution >= 0.6 is 0 Å². The summed E-state index contributed by atoms with van der Waals surface area (Å²) >= 11 is 0. The summed E-state index contributed by atoms with van der Waals surface area (Å²) in [7, 11) is 0. The molecule has 4 nitrogen and oxygen atoms in total. The molecular weight excluding hydrogens is 314 g/mol. The molecule has 1 fully saturated rings. The van der Waals surface area contributed by atoms with Gasteiger partial charge in [-0.1, -0.05) is 12.1 Å². The van der Waals surface area contributed by atoms with E-state index >= 15 is 0 Å². The average Bonchev–Trinajstić information content (AvgIpc) is 2.87. The van der Waals surface area contributed by atoms with E-state index in [0.29, 0.717) is 12.3 Å². The zero-order valence-corrected chi connectivity index (χ0v) is 15.1. The first-order valence-corrected chi connectivity index (χ1v) is 8.50. The number of carbonyl (C=O) groups is 2. The highest BCUT2D eigenvalue weighted by Gasteiger charge is 2.36. The third kappa shape index (κ3) is 3.90. The fourth-order valence-corrected chi connectivity index (χ4v) is 3.41. The van der Waals surface area contributed by atoms with Crippen LogP contribution in [0.1, 0.15) is 28.7 Å². The number of benzene rings is 2. The van der Waals surface area contributed by atoms with E-state index in [1.165, 1.54) is 0 Å². The van der Waals surface area contributed by atoms with Gasteiger partial charge in [-0.2, -0.15) is 0 Å². The molecule has 0 N–H and O–H groups in total. The Hall–Kier alpha value is -2.62. The van der Waals surface area contributed by atoms with Gasteiger partial charge in [0.2, 0.25) is 5.91 Å². The van der Waals surface area contributed by atoms with Crippen LogP contribution in [0, 0.1) is 33.6 Å². The number of esters is 1. The molecule has 1 aliphatic heterocycles. The summed E-state index contributed by atoms with van der Waals surface area (Å²) in [6.07, 6.45) is 0.191. The zero-order chi connectivity index (χ0) is 18.1. The van der Waals surface area contributed by atoms with Crippen molar-refractivity contribution in [1.82, 2.24) is 0 Å². The molecule has 2 aromatic rings. The van der Waals surface area contributed by atoms with Crippen LogP contribution in [-0.4, -0.2) is 18.4 Å². The minimum absolute atomic E-state index is 0.0348. The molecule has 0 radical (unpaired) electrons. The summed E-state index contributed by atoms with van der Waals surface area (Å²) in [4.78, 5) is 26.6. The summed E-state index contributed by atoms with van der Waals surface area (Å²) in [5, 5.41) is 0. The van der Waals surface area contributed by atoms with Gasteiger partial charge in [0.1, 0.15) is 5.75 Å². The number of aryl methyl sites for hydroxylation is 4. The molecule has 25 heavy (non-hydrogen) atoms. The summed E-state index contributed by atoms with van der Waals surface area (Å²) < 4.78 is 5.52. The first-order chi connectivity index (χ1) is 11.8. The molecule has 3 rings (SSSR count). The van der Waals surface area contributed by atoms with Crippen LogP contribution in [0.5, 0.6) is 5.75 Å². The molecule has 1 atom stereocenters. The number of carbonyl (C=O) groups excluding carboxylic acids is 2. The molecule has 2 aromatic carbocycles. The summed E-state index contributed by atoms with van der Waals surface area (Å²) in [6.45, 7) is 8.30. The topological polar surface area (TPSA) is 46.6 Å². The maximum absolute atomic E-state index is 12.5. The third-order valence-corrected chi connectivity index (χ3v) is 4.39. The molecule has 1 aliphatic rings. The van der Waals surface area contributed by atoms with E-state index in [-0.39, 0.29) is 18.3 Å². The molecule has 0 spiro atoms. The third-order valence-electron chi connectivity index (χ3n) is 4.39. The highest BCUT2D eigenvalue weighted by Crippen LogP contribution is 2.28. The summed E-state index contributed by atoms with van der Waals surface area (Å²) in [5.74, 6) is -0.272. The van der Waals surface area contributed by atoms with Gasteiger partial charge in [0.15, 0.2) is 0 Å². The number of nitrogens with zero attached hydrogens (tertiary/aromatic N) is 1. The highest BCUT2D eigenvalue weighted by atomic mass is 16.5. The molecule has 130 valence electrons. The molecule has 1 heterocycles. The van der Waals surface area contributed by atoms with Crippen molar-refractivity contribution in [3.8, 4) is 5.75 Å². The lowest BCUT2D eigenvalue weighted by Gasteiger charge is -2.18. The molecule has 0 saturated carbocycles. The van der Waals surface area contributed by atoms with Crippen LogP contribution in [0.25, 0.3) is 0 Å². The Balaban J connectivity index is 1.74. The fraction of sp³-hybridized carbons (Fsp3) is 0.333. The lowest BCUT2D eigenvalue weighted by Crippen LogP contribution is -2.27. The Kier molecular flexibility index (Phi) is 4.62. The van der Waals surface area contributed by atoms with Crippen molar-refractivity contribution in [3.63, 3.8) is 0 Å². The number of hydrogen-bond donors (Lipinski definition) is 0. The van der Waals surface area contributed by atoms with Crippen molar-refractivity contribution in [1.29, 1.82) is 0 Å². The summed E-state index contributed by atoms with van der Waals surface area (Å²) in [6, 6.07) is 11.7. The van der Waals surface area contributed by atoms with Gasteiger partial charge in [-0.15, -0.1) is 0 Å². The van der Waals surface area contributed by atoms with Gasteiger partial charge in [0.05, 0.1) is 5.92 Å². The Labute approximate surface area is 148 Å². The van der Waals surface area contributed by atoms with Gasteiger partial charge < -0.3 is 9.64 Å². The molecule has 4 heteroatoms. The van der Waals surface area contributed by atoms with Crippen molar-refractivity contribution in [2.24, 2.45) is 5.92 Å². The number of ether oxygens (including phenoxy) is 1. The molecule has 0 unspecified atom stereocenters. The van der Waals surface area contributed by atoms with Crippen molar-refractivity contribution >= 4 is 17.6 Å². The zero-order valence-electron chi connectivity index (χ0n) is 15.1. The van der Waals surface area contributed by atoms with Crippen molar-refractivity contribution in [2.45, 2.75) is 34.1 Å². The van der Waals surface area contributed by atoms with Crippen molar-refractivity contribution in [3.05, 3.63) is 58.7 Å². The Bertz CT molecular complexity index is 801. The summed E-state index contributed by atoms with van der Waals surface area (Å²) in [5.41, 5.74) is 5.14. The Morgan fingerprint density at radius 1 is 0.920 bits per heavy atom. The van der Waals surface area contributed by atoms with Crippen LogP contribution in [0.2, 0.25) is 0 Å². The second-order valence-corrected chi connectivity index (χ2v) is 7.00. The van der Waals surface area contributed by atoms with Crippen LogP contribution in [0.15, 0.2) is 36.4 Å². The number of anilines is 1. The normalized spacial score (nSPS) is 17.0.